The lowest BCUT2D eigenvalue weighted by Crippen LogP contribution is -2.33. The van der Waals surface area contributed by atoms with Gasteiger partial charge in [-0.3, -0.25) is 4.79 Å². The van der Waals surface area contributed by atoms with Crippen LogP contribution in [-0.4, -0.2) is 28.6 Å². The zero-order valence-electron chi connectivity index (χ0n) is 10.5. The molecule has 0 saturated carbocycles. The van der Waals surface area contributed by atoms with E-state index in [9.17, 15) is 4.79 Å². The van der Waals surface area contributed by atoms with E-state index in [1.54, 1.807) is 0 Å². The van der Waals surface area contributed by atoms with Gasteiger partial charge in [-0.25, -0.2) is 0 Å². The Morgan fingerprint density at radius 1 is 1.37 bits per heavy atom. The van der Waals surface area contributed by atoms with E-state index in [1.165, 1.54) is 0 Å². The summed E-state index contributed by atoms with van der Waals surface area (Å²) in [6.07, 6.45) is 6.52. The van der Waals surface area contributed by atoms with Crippen molar-refractivity contribution in [1.82, 2.24) is 10.3 Å². The number of carbonyl (C=O) groups excluding carboxylic acids is 1. The summed E-state index contributed by atoms with van der Waals surface area (Å²) >= 11 is 0. The summed E-state index contributed by atoms with van der Waals surface area (Å²) in [5.74, 6) is 0.0896. The smallest absolute Gasteiger partial charge is 0.252 e. The maximum Gasteiger partial charge on any atom is 0.252 e. The lowest BCUT2D eigenvalue weighted by atomic mass is 10.1. The van der Waals surface area contributed by atoms with Crippen molar-refractivity contribution in [2.45, 2.75) is 12.5 Å². The highest BCUT2D eigenvalue weighted by Gasteiger charge is 2.21. The van der Waals surface area contributed by atoms with E-state index < -0.39 is 0 Å². The maximum absolute atomic E-state index is 12.3. The second kappa shape index (κ2) is 4.90. The Balaban J connectivity index is 1.78. The van der Waals surface area contributed by atoms with E-state index in [1.807, 2.05) is 42.6 Å². The minimum atomic E-state index is -0.0709. The predicted molar refractivity (Wildman–Crippen MR) is 73.9 cm³/mol. The molecule has 1 aliphatic rings. The maximum atomic E-state index is 12.3. The van der Waals surface area contributed by atoms with Crippen molar-refractivity contribution in [2.24, 2.45) is 5.92 Å². The molecule has 0 bridgehead atoms. The second-order valence-corrected chi connectivity index (χ2v) is 4.89. The number of aliphatic hydroxyl groups excluding tert-OH is 1. The molecule has 1 amide bonds. The fourth-order valence-electron chi connectivity index (χ4n) is 2.55. The minimum Gasteiger partial charge on any atom is -0.396 e. The second-order valence-electron chi connectivity index (χ2n) is 4.89. The summed E-state index contributed by atoms with van der Waals surface area (Å²) in [6, 6.07) is 7.57. The van der Waals surface area contributed by atoms with Gasteiger partial charge >= 0.3 is 0 Å². The average molecular weight is 256 g/mol. The number of nitrogens with one attached hydrogen (secondary N) is 2. The molecular formula is C15H16N2O2. The van der Waals surface area contributed by atoms with E-state index >= 15 is 0 Å². The van der Waals surface area contributed by atoms with Crippen molar-refractivity contribution in [3.05, 3.63) is 48.2 Å². The molecule has 4 nitrogen and oxygen atoms in total. The third kappa shape index (κ3) is 2.27. The van der Waals surface area contributed by atoms with Crippen LogP contribution in [0.3, 0.4) is 0 Å². The van der Waals surface area contributed by atoms with E-state index in [0.29, 0.717) is 5.56 Å². The summed E-state index contributed by atoms with van der Waals surface area (Å²) in [5, 5.41) is 13.0. The number of aliphatic hydroxyl groups is 1. The van der Waals surface area contributed by atoms with Crippen LogP contribution in [0.2, 0.25) is 0 Å². The number of rotatable bonds is 3. The van der Waals surface area contributed by atoms with Crippen LogP contribution in [0.25, 0.3) is 10.9 Å². The van der Waals surface area contributed by atoms with Gasteiger partial charge in [-0.2, -0.15) is 0 Å². The molecule has 98 valence electrons. The molecule has 1 heterocycles. The number of hydrogen-bond donors (Lipinski definition) is 3. The molecule has 4 heteroatoms. The fourth-order valence-corrected chi connectivity index (χ4v) is 2.55. The Morgan fingerprint density at radius 3 is 3.05 bits per heavy atom. The Morgan fingerprint density at radius 2 is 2.26 bits per heavy atom. The third-order valence-corrected chi connectivity index (χ3v) is 3.56. The van der Waals surface area contributed by atoms with Gasteiger partial charge in [0.15, 0.2) is 0 Å². The number of aromatic amines is 1. The van der Waals surface area contributed by atoms with Crippen molar-refractivity contribution in [3.8, 4) is 0 Å². The van der Waals surface area contributed by atoms with Crippen LogP contribution in [0.1, 0.15) is 16.8 Å². The van der Waals surface area contributed by atoms with Crippen LogP contribution in [0.15, 0.2) is 42.6 Å². The number of hydrogen-bond acceptors (Lipinski definition) is 2. The number of amides is 1. The van der Waals surface area contributed by atoms with Crippen molar-refractivity contribution < 1.29 is 9.90 Å². The molecule has 0 spiro atoms. The Kier molecular flexibility index (Phi) is 3.09. The molecule has 0 radical (unpaired) electrons. The molecule has 1 aromatic carbocycles. The van der Waals surface area contributed by atoms with E-state index in [4.69, 9.17) is 5.11 Å². The van der Waals surface area contributed by atoms with Crippen LogP contribution in [-0.2, 0) is 0 Å². The summed E-state index contributed by atoms with van der Waals surface area (Å²) in [6.45, 7) is 0.135. The van der Waals surface area contributed by atoms with Gasteiger partial charge in [0.25, 0.3) is 5.91 Å². The van der Waals surface area contributed by atoms with Gasteiger partial charge in [0, 0.05) is 41.2 Å². The van der Waals surface area contributed by atoms with Gasteiger partial charge in [0.05, 0.1) is 0 Å². The minimum absolute atomic E-state index is 0.0128. The zero-order valence-corrected chi connectivity index (χ0v) is 10.5. The topological polar surface area (TPSA) is 65.1 Å². The molecule has 2 atom stereocenters. The molecule has 0 saturated heterocycles. The van der Waals surface area contributed by atoms with Crippen molar-refractivity contribution in [2.75, 3.05) is 6.61 Å². The fraction of sp³-hybridized carbons (Fsp3) is 0.267. The van der Waals surface area contributed by atoms with Gasteiger partial charge in [-0.1, -0.05) is 18.2 Å². The average Bonchev–Trinajstić information content (AvgIpc) is 3.05. The van der Waals surface area contributed by atoms with Gasteiger partial charge in [0.1, 0.15) is 0 Å². The van der Waals surface area contributed by atoms with E-state index in [-0.39, 0.29) is 24.5 Å². The zero-order chi connectivity index (χ0) is 13.2. The first-order chi connectivity index (χ1) is 9.28. The van der Waals surface area contributed by atoms with Crippen LogP contribution >= 0.6 is 0 Å². The highest BCUT2D eigenvalue weighted by molar-refractivity contribution is 6.06. The molecule has 0 fully saturated rings. The van der Waals surface area contributed by atoms with Gasteiger partial charge < -0.3 is 15.4 Å². The Labute approximate surface area is 111 Å². The predicted octanol–water partition coefficient (Wildman–Crippen LogP) is 1.83. The highest BCUT2D eigenvalue weighted by atomic mass is 16.3. The lowest BCUT2D eigenvalue weighted by molar-refractivity contribution is 0.0943. The molecule has 1 aromatic heterocycles. The molecular weight excluding hydrogens is 240 g/mol. The van der Waals surface area contributed by atoms with Crippen molar-refractivity contribution in [3.63, 3.8) is 0 Å². The lowest BCUT2D eigenvalue weighted by Gasteiger charge is -2.13. The van der Waals surface area contributed by atoms with Crippen molar-refractivity contribution >= 4 is 16.8 Å². The standard InChI is InChI=1S/C15H16N2O2/c18-9-10-4-5-11(8-10)17-15(19)13-2-1-3-14-12(13)6-7-16-14/h1-7,10-11,16,18H,8-9H2,(H,17,19)/t10-,11+/m0/s1. The first-order valence-corrected chi connectivity index (χ1v) is 6.44. The van der Waals surface area contributed by atoms with Crippen LogP contribution in [0.5, 0.6) is 0 Å². The monoisotopic (exact) mass is 256 g/mol. The largest absolute Gasteiger partial charge is 0.396 e. The summed E-state index contributed by atoms with van der Waals surface area (Å²) in [7, 11) is 0. The van der Waals surface area contributed by atoms with Crippen molar-refractivity contribution in [1.29, 1.82) is 0 Å². The highest BCUT2D eigenvalue weighted by Crippen LogP contribution is 2.20. The van der Waals surface area contributed by atoms with Crippen LogP contribution < -0.4 is 5.32 Å². The van der Waals surface area contributed by atoms with Gasteiger partial charge in [0.2, 0.25) is 0 Å². The molecule has 2 aromatic rings. The molecule has 0 aliphatic heterocycles. The van der Waals surface area contributed by atoms with E-state index in [2.05, 4.69) is 10.3 Å². The first-order valence-electron chi connectivity index (χ1n) is 6.44. The Bertz CT molecular complexity index is 630. The molecule has 19 heavy (non-hydrogen) atoms. The quantitative estimate of drug-likeness (QED) is 0.734. The van der Waals surface area contributed by atoms with Crippen LogP contribution in [0.4, 0.5) is 0 Å². The Hall–Kier alpha value is -2.07. The molecule has 3 rings (SSSR count). The molecule has 0 unspecified atom stereocenters. The molecule has 3 N–H and O–H groups in total. The van der Waals surface area contributed by atoms with E-state index in [0.717, 1.165) is 17.3 Å². The number of H-pyrrole nitrogens is 1. The van der Waals surface area contributed by atoms with Gasteiger partial charge in [-0.05, 0) is 24.6 Å². The number of benzene rings is 1. The summed E-state index contributed by atoms with van der Waals surface area (Å²) < 4.78 is 0. The third-order valence-electron chi connectivity index (χ3n) is 3.56. The SMILES string of the molecule is O=C(N[C@@H]1C=C[C@H](CO)C1)c1cccc2[nH]ccc12. The number of fused-ring (bicyclic) bond motifs is 1. The number of carbonyl (C=O) groups is 1. The summed E-state index contributed by atoms with van der Waals surface area (Å²) in [4.78, 5) is 15.4. The number of aromatic nitrogens is 1. The molecule has 1 aliphatic carbocycles. The van der Waals surface area contributed by atoms with Crippen LogP contribution in [0, 0.1) is 5.92 Å². The normalized spacial score (nSPS) is 21.9. The van der Waals surface area contributed by atoms with Gasteiger partial charge in [-0.15, -0.1) is 0 Å². The summed E-state index contributed by atoms with van der Waals surface area (Å²) in [5.41, 5.74) is 1.64. The first kappa shape index (κ1) is 12.0.